The Bertz CT molecular complexity index is 620. The van der Waals surface area contributed by atoms with Gasteiger partial charge in [0.1, 0.15) is 0 Å². The number of halogens is 2. The number of nitrogens with one attached hydrogen (secondary N) is 1. The lowest BCUT2D eigenvalue weighted by molar-refractivity contribution is 0.554. The number of hydrogen-bond acceptors (Lipinski definition) is 3. The molecule has 2 atom stereocenters. The second kappa shape index (κ2) is 7.34. The van der Waals surface area contributed by atoms with Gasteiger partial charge in [0.2, 0.25) is 10.0 Å². The molecule has 118 valence electrons. The molecule has 1 aliphatic carbocycles. The van der Waals surface area contributed by atoms with Crippen molar-refractivity contribution in [1.82, 2.24) is 4.72 Å². The van der Waals surface area contributed by atoms with Crippen molar-refractivity contribution in [3.63, 3.8) is 0 Å². The van der Waals surface area contributed by atoms with Crippen molar-refractivity contribution in [1.29, 1.82) is 0 Å². The molecule has 0 heterocycles. The highest BCUT2D eigenvalue weighted by molar-refractivity contribution is 9.11. The molecule has 1 aromatic carbocycles. The fourth-order valence-electron chi connectivity index (χ4n) is 2.57. The van der Waals surface area contributed by atoms with Crippen LogP contribution < -0.4 is 4.72 Å². The van der Waals surface area contributed by atoms with E-state index < -0.39 is 10.0 Å². The first-order chi connectivity index (χ1) is 9.85. The van der Waals surface area contributed by atoms with Crippen molar-refractivity contribution in [3.05, 3.63) is 26.6 Å². The van der Waals surface area contributed by atoms with E-state index >= 15 is 0 Å². The minimum Gasteiger partial charge on any atom is -0.207 e. The average molecular weight is 457 g/mol. The van der Waals surface area contributed by atoms with E-state index in [0.717, 1.165) is 35.1 Å². The fraction of sp³-hybridized carbons (Fsp3) is 0.571. The molecule has 2 unspecified atom stereocenters. The van der Waals surface area contributed by atoms with E-state index in [0.29, 0.717) is 14.6 Å². The third-order valence-corrected chi connectivity index (χ3v) is 8.27. The smallest absolute Gasteiger partial charge is 0.207 e. The van der Waals surface area contributed by atoms with Gasteiger partial charge in [0.25, 0.3) is 0 Å². The quantitative estimate of drug-likeness (QED) is 0.710. The van der Waals surface area contributed by atoms with Gasteiger partial charge in [-0.05, 0) is 59.1 Å². The molecule has 0 saturated heterocycles. The standard InChI is InChI=1S/C14H19Br2NO2S2/c1-3-20-13-6-4-5-12(13)17-21(18,19)14-8-10(15)9(2)7-11(14)16/h7-8,12-13,17H,3-6H2,1-2H3. The van der Waals surface area contributed by atoms with Crippen LogP contribution in [0.25, 0.3) is 0 Å². The Morgan fingerprint density at radius 3 is 2.67 bits per heavy atom. The van der Waals surface area contributed by atoms with Gasteiger partial charge in [-0.1, -0.05) is 29.3 Å². The van der Waals surface area contributed by atoms with E-state index in [2.05, 4.69) is 43.5 Å². The molecule has 0 spiro atoms. The fourth-order valence-corrected chi connectivity index (χ4v) is 6.84. The SMILES string of the molecule is CCSC1CCCC1NS(=O)(=O)c1cc(Br)c(C)cc1Br. The summed E-state index contributed by atoms with van der Waals surface area (Å²) in [5.41, 5.74) is 1.00. The predicted molar refractivity (Wildman–Crippen MR) is 96.5 cm³/mol. The molecular weight excluding hydrogens is 438 g/mol. The summed E-state index contributed by atoms with van der Waals surface area (Å²) >= 11 is 8.62. The Kier molecular flexibility index (Phi) is 6.22. The van der Waals surface area contributed by atoms with Crippen molar-refractivity contribution in [2.24, 2.45) is 0 Å². The maximum atomic E-state index is 12.7. The van der Waals surface area contributed by atoms with Crippen LogP contribution in [-0.4, -0.2) is 25.5 Å². The lowest BCUT2D eigenvalue weighted by Gasteiger charge is -2.20. The topological polar surface area (TPSA) is 46.2 Å². The Labute approximate surface area is 148 Å². The van der Waals surface area contributed by atoms with Crippen molar-refractivity contribution in [2.75, 3.05) is 5.75 Å². The number of rotatable bonds is 5. The van der Waals surface area contributed by atoms with Gasteiger partial charge in [0.15, 0.2) is 0 Å². The zero-order chi connectivity index (χ0) is 15.6. The number of thioether (sulfide) groups is 1. The molecule has 1 aromatic rings. The zero-order valence-electron chi connectivity index (χ0n) is 12.0. The van der Waals surface area contributed by atoms with Gasteiger partial charge in [0, 0.05) is 20.2 Å². The Balaban J connectivity index is 2.24. The van der Waals surface area contributed by atoms with Gasteiger partial charge in [-0.3, -0.25) is 0 Å². The third-order valence-electron chi connectivity index (χ3n) is 3.64. The van der Waals surface area contributed by atoms with Crippen LogP contribution in [0.3, 0.4) is 0 Å². The van der Waals surface area contributed by atoms with Gasteiger partial charge in [-0.25, -0.2) is 13.1 Å². The van der Waals surface area contributed by atoms with Crippen LogP contribution in [-0.2, 0) is 10.0 Å². The highest BCUT2D eigenvalue weighted by Gasteiger charge is 2.32. The van der Waals surface area contributed by atoms with Crippen LogP contribution in [0.4, 0.5) is 0 Å². The number of aryl methyl sites for hydroxylation is 1. The number of benzene rings is 1. The molecule has 1 fully saturated rings. The highest BCUT2D eigenvalue weighted by Crippen LogP contribution is 2.33. The minimum atomic E-state index is -3.51. The van der Waals surface area contributed by atoms with Crippen LogP contribution in [0, 0.1) is 6.92 Å². The molecule has 0 radical (unpaired) electrons. The Morgan fingerprint density at radius 1 is 1.29 bits per heavy atom. The van der Waals surface area contributed by atoms with E-state index in [1.165, 1.54) is 0 Å². The lowest BCUT2D eigenvalue weighted by atomic mass is 10.2. The van der Waals surface area contributed by atoms with Gasteiger partial charge in [0.05, 0.1) is 4.90 Å². The van der Waals surface area contributed by atoms with Crippen LogP contribution in [0.5, 0.6) is 0 Å². The minimum absolute atomic E-state index is 0.0342. The molecule has 1 aliphatic rings. The molecule has 0 amide bonds. The van der Waals surface area contributed by atoms with Crippen LogP contribution in [0.1, 0.15) is 31.7 Å². The van der Waals surface area contributed by atoms with Crippen LogP contribution in [0.15, 0.2) is 26.0 Å². The summed E-state index contributed by atoms with van der Waals surface area (Å²) in [6, 6.07) is 3.52. The van der Waals surface area contributed by atoms with Crippen molar-refractivity contribution in [3.8, 4) is 0 Å². The van der Waals surface area contributed by atoms with E-state index in [9.17, 15) is 8.42 Å². The Hall–Kier alpha value is 0.440. The summed E-state index contributed by atoms with van der Waals surface area (Å²) in [4.78, 5) is 0.298. The van der Waals surface area contributed by atoms with E-state index in [1.54, 1.807) is 6.07 Å². The normalized spacial score (nSPS) is 22.7. The maximum absolute atomic E-state index is 12.7. The molecule has 0 bridgehead atoms. The zero-order valence-corrected chi connectivity index (χ0v) is 16.8. The second-order valence-corrected chi connectivity index (χ2v) is 10.1. The van der Waals surface area contributed by atoms with Gasteiger partial charge < -0.3 is 0 Å². The summed E-state index contributed by atoms with van der Waals surface area (Å²) in [5.74, 6) is 1.02. The molecule has 3 nitrogen and oxygen atoms in total. The molecule has 1 N–H and O–H groups in total. The number of hydrogen-bond donors (Lipinski definition) is 1. The average Bonchev–Trinajstić information content (AvgIpc) is 2.81. The van der Waals surface area contributed by atoms with E-state index in [4.69, 9.17) is 0 Å². The van der Waals surface area contributed by atoms with Crippen LogP contribution >= 0.6 is 43.6 Å². The number of sulfonamides is 1. The van der Waals surface area contributed by atoms with Gasteiger partial charge >= 0.3 is 0 Å². The van der Waals surface area contributed by atoms with E-state index in [-0.39, 0.29) is 6.04 Å². The predicted octanol–water partition coefficient (Wildman–Crippen LogP) is 4.47. The molecule has 21 heavy (non-hydrogen) atoms. The van der Waals surface area contributed by atoms with E-state index in [1.807, 2.05) is 24.8 Å². The van der Waals surface area contributed by atoms with Crippen LogP contribution in [0.2, 0.25) is 0 Å². The van der Waals surface area contributed by atoms with Crippen molar-refractivity contribution in [2.45, 2.75) is 49.3 Å². The first kappa shape index (κ1) is 17.8. The summed E-state index contributed by atoms with van der Waals surface area (Å²) in [6.07, 6.45) is 3.09. The second-order valence-electron chi connectivity index (χ2n) is 5.18. The third kappa shape index (κ3) is 4.25. The van der Waals surface area contributed by atoms with Gasteiger partial charge in [-0.2, -0.15) is 11.8 Å². The van der Waals surface area contributed by atoms with Crippen molar-refractivity contribution >= 4 is 53.6 Å². The van der Waals surface area contributed by atoms with Crippen molar-refractivity contribution < 1.29 is 8.42 Å². The maximum Gasteiger partial charge on any atom is 0.242 e. The molecule has 0 aromatic heterocycles. The molecular formula is C14H19Br2NO2S2. The molecule has 1 saturated carbocycles. The first-order valence-corrected chi connectivity index (χ1v) is 11.1. The Morgan fingerprint density at radius 2 is 2.00 bits per heavy atom. The van der Waals surface area contributed by atoms with Gasteiger partial charge in [-0.15, -0.1) is 0 Å². The summed E-state index contributed by atoms with van der Waals surface area (Å²) in [5, 5.41) is 0.387. The highest BCUT2D eigenvalue weighted by atomic mass is 79.9. The lowest BCUT2D eigenvalue weighted by Crippen LogP contribution is -2.38. The molecule has 0 aliphatic heterocycles. The summed E-state index contributed by atoms with van der Waals surface area (Å²) < 4.78 is 29.6. The monoisotopic (exact) mass is 455 g/mol. The molecule has 2 rings (SSSR count). The largest absolute Gasteiger partial charge is 0.242 e. The summed E-state index contributed by atoms with van der Waals surface area (Å²) in [7, 11) is -3.51. The summed E-state index contributed by atoms with van der Waals surface area (Å²) in [6.45, 7) is 4.05. The molecule has 7 heteroatoms. The first-order valence-electron chi connectivity index (χ1n) is 6.94.